The molecule has 3 nitrogen and oxygen atoms in total. The van der Waals surface area contributed by atoms with E-state index in [0.29, 0.717) is 0 Å². The lowest BCUT2D eigenvalue weighted by Crippen LogP contribution is -2.19. The molecule has 0 aliphatic carbocycles. The van der Waals surface area contributed by atoms with Gasteiger partial charge in [0, 0.05) is 0 Å². The lowest BCUT2D eigenvalue weighted by atomic mass is 9.92. The highest BCUT2D eigenvalue weighted by atomic mass is 35.5. The summed E-state index contributed by atoms with van der Waals surface area (Å²) in [5, 5.41) is 0.279. The number of rotatable bonds is 2. The van der Waals surface area contributed by atoms with Gasteiger partial charge in [-0.25, -0.2) is 4.79 Å². The molecule has 0 amide bonds. The van der Waals surface area contributed by atoms with Crippen LogP contribution >= 0.6 is 11.6 Å². The monoisotopic (exact) mass is 254 g/mol. The molecule has 0 radical (unpaired) electrons. The van der Waals surface area contributed by atoms with Crippen molar-refractivity contribution in [2.24, 2.45) is 5.41 Å². The number of hydrogen-bond donors (Lipinski definition) is 0. The average Bonchev–Trinajstić information content (AvgIpc) is 2.14. The van der Waals surface area contributed by atoms with Gasteiger partial charge in [0.25, 0.3) is 0 Å². The Balaban J connectivity index is 2.68. The van der Waals surface area contributed by atoms with Crippen molar-refractivity contribution in [1.29, 1.82) is 0 Å². The van der Waals surface area contributed by atoms with Crippen molar-refractivity contribution in [1.82, 2.24) is 0 Å². The molecule has 4 heteroatoms. The van der Waals surface area contributed by atoms with Crippen LogP contribution in [-0.4, -0.2) is 11.9 Å². The zero-order valence-corrected chi connectivity index (χ0v) is 10.9. The van der Waals surface area contributed by atoms with Crippen molar-refractivity contribution < 1.29 is 14.3 Å². The van der Waals surface area contributed by atoms with Crippen molar-refractivity contribution in [2.75, 3.05) is 0 Å². The van der Waals surface area contributed by atoms with Crippen LogP contribution in [0.4, 0.5) is 0 Å². The van der Waals surface area contributed by atoms with E-state index < -0.39 is 11.9 Å². The van der Waals surface area contributed by atoms with Gasteiger partial charge in [-0.2, -0.15) is 0 Å². The summed E-state index contributed by atoms with van der Waals surface area (Å²) in [5.74, 6) is -1.24. The van der Waals surface area contributed by atoms with Gasteiger partial charge in [0.15, 0.2) is 0 Å². The summed E-state index contributed by atoms with van der Waals surface area (Å²) < 4.78 is 4.73. The predicted octanol–water partition coefficient (Wildman–Crippen LogP) is 3.46. The summed E-state index contributed by atoms with van der Waals surface area (Å²) in [5.41, 5.74) is -0.00545. The summed E-state index contributed by atoms with van der Waals surface area (Å²) in [6, 6.07) is 6.47. The quantitative estimate of drug-likeness (QED) is 0.600. The van der Waals surface area contributed by atoms with Crippen LogP contribution in [0.25, 0.3) is 0 Å². The molecule has 0 aromatic heterocycles. The standard InChI is InChI=1S/C13H15ClO3/c1-13(2,3)8-11(15)17-12(16)9-6-4-5-7-10(9)14/h4-7H,8H2,1-3H3. The summed E-state index contributed by atoms with van der Waals surface area (Å²) in [4.78, 5) is 23.1. The van der Waals surface area contributed by atoms with Crippen LogP contribution in [0.3, 0.4) is 0 Å². The van der Waals surface area contributed by atoms with Crippen molar-refractivity contribution >= 4 is 23.5 Å². The van der Waals surface area contributed by atoms with Gasteiger partial charge in [-0.15, -0.1) is 0 Å². The Morgan fingerprint density at radius 3 is 2.35 bits per heavy atom. The molecule has 1 aromatic carbocycles. The number of hydrogen-bond acceptors (Lipinski definition) is 3. The van der Waals surface area contributed by atoms with Gasteiger partial charge in [0.2, 0.25) is 0 Å². The topological polar surface area (TPSA) is 43.4 Å². The number of carbonyl (C=O) groups excluding carboxylic acids is 2. The van der Waals surface area contributed by atoms with E-state index in [1.807, 2.05) is 20.8 Å². The third kappa shape index (κ3) is 4.57. The van der Waals surface area contributed by atoms with Crippen molar-refractivity contribution in [3.05, 3.63) is 34.9 Å². The molecule has 0 N–H and O–H groups in total. The first-order chi connectivity index (χ1) is 7.79. The van der Waals surface area contributed by atoms with Gasteiger partial charge in [0.05, 0.1) is 17.0 Å². The van der Waals surface area contributed by atoms with Crippen LogP contribution in [0, 0.1) is 5.41 Å². The Kier molecular flexibility index (Phi) is 4.29. The van der Waals surface area contributed by atoms with Gasteiger partial charge in [-0.3, -0.25) is 4.79 Å². The molecule has 0 heterocycles. The smallest absolute Gasteiger partial charge is 0.347 e. The van der Waals surface area contributed by atoms with E-state index in [0.717, 1.165) is 0 Å². The first-order valence-corrected chi connectivity index (χ1v) is 5.67. The third-order valence-corrected chi connectivity index (χ3v) is 2.30. The van der Waals surface area contributed by atoms with Crippen molar-refractivity contribution in [3.8, 4) is 0 Å². The molecular weight excluding hydrogens is 240 g/mol. The Morgan fingerprint density at radius 2 is 1.82 bits per heavy atom. The number of esters is 2. The minimum absolute atomic E-state index is 0.184. The van der Waals surface area contributed by atoms with E-state index in [4.69, 9.17) is 16.3 Å². The molecule has 0 fully saturated rings. The van der Waals surface area contributed by atoms with Gasteiger partial charge in [0.1, 0.15) is 0 Å². The number of carbonyl (C=O) groups is 2. The Morgan fingerprint density at radius 1 is 1.24 bits per heavy atom. The van der Waals surface area contributed by atoms with Crippen LogP contribution in [0.5, 0.6) is 0 Å². The lowest BCUT2D eigenvalue weighted by Gasteiger charge is -2.15. The van der Waals surface area contributed by atoms with Crippen LogP contribution in [0.15, 0.2) is 24.3 Å². The lowest BCUT2D eigenvalue weighted by molar-refractivity contribution is -0.139. The second-order valence-electron chi connectivity index (χ2n) is 4.98. The second kappa shape index (κ2) is 5.32. The molecular formula is C13H15ClO3. The van der Waals surface area contributed by atoms with E-state index in [1.165, 1.54) is 6.07 Å². The molecule has 92 valence electrons. The summed E-state index contributed by atoms with van der Waals surface area (Å²) in [6.07, 6.45) is 0.184. The highest BCUT2D eigenvalue weighted by Crippen LogP contribution is 2.20. The van der Waals surface area contributed by atoms with Crippen molar-refractivity contribution in [2.45, 2.75) is 27.2 Å². The molecule has 0 saturated heterocycles. The third-order valence-electron chi connectivity index (χ3n) is 1.97. The van der Waals surface area contributed by atoms with E-state index in [9.17, 15) is 9.59 Å². The fourth-order valence-electron chi connectivity index (χ4n) is 1.25. The Hall–Kier alpha value is -1.35. The summed E-state index contributed by atoms with van der Waals surface area (Å²) in [6.45, 7) is 5.69. The normalized spacial score (nSPS) is 11.1. The van der Waals surface area contributed by atoms with Gasteiger partial charge >= 0.3 is 11.9 Å². The predicted molar refractivity (Wildman–Crippen MR) is 65.9 cm³/mol. The summed E-state index contributed by atoms with van der Waals surface area (Å²) >= 11 is 5.82. The average molecular weight is 255 g/mol. The van der Waals surface area contributed by atoms with Gasteiger partial charge in [-0.05, 0) is 17.5 Å². The van der Waals surface area contributed by atoms with E-state index in [-0.39, 0.29) is 22.4 Å². The maximum atomic E-state index is 11.6. The first-order valence-electron chi connectivity index (χ1n) is 5.29. The number of halogens is 1. The highest BCUT2D eigenvalue weighted by molar-refractivity contribution is 6.33. The zero-order valence-electron chi connectivity index (χ0n) is 10.1. The molecule has 1 aromatic rings. The van der Waals surface area contributed by atoms with E-state index in [1.54, 1.807) is 18.2 Å². The van der Waals surface area contributed by atoms with E-state index in [2.05, 4.69) is 0 Å². The van der Waals surface area contributed by atoms with Crippen LogP contribution < -0.4 is 0 Å². The fraction of sp³-hybridized carbons (Fsp3) is 0.385. The highest BCUT2D eigenvalue weighted by Gasteiger charge is 2.21. The van der Waals surface area contributed by atoms with E-state index >= 15 is 0 Å². The number of ether oxygens (including phenoxy) is 1. The molecule has 17 heavy (non-hydrogen) atoms. The SMILES string of the molecule is CC(C)(C)CC(=O)OC(=O)c1ccccc1Cl. The second-order valence-corrected chi connectivity index (χ2v) is 5.39. The number of benzene rings is 1. The Labute approximate surface area is 106 Å². The molecule has 1 rings (SSSR count). The van der Waals surface area contributed by atoms with Crippen LogP contribution in [0.2, 0.25) is 5.02 Å². The molecule has 0 spiro atoms. The molecule has 0 bridgehead atoms. The molecule has 0 atom stereocenters. The largest absolute Gasteiger partial charge is 0.389 e. The molecule has 0 aliphatic heterocycles. The maximum Gasteiger partial charge on any atom is 0.347 e. The molecule has 0 unspecified atom stereocenters. The maximum absolute atomic E-state index is 11.6. The van der Waals surface area contributed by atoms with Crippen LogP contribution in [0.1, 0.15) is 37.6 Å². The van der Waals surface area contributed by atoms with Crippen molar-refractivity contribution in [3.63, 3.8) is 0 Å². The Bertz CT molecular complexity index is 433. The zero-order chi connectivity index (χ0) is 13.1. The van der Waals surface area contributed by atoms with Gasteiger partial charge < -0.3 is 4.74 Å². The molecule has 0 saturated carbocycles. The van der Waals surface area contributed by atoms with Gasteiger partial charge in [-0.1, -0.05) is 44.5 Å². The summed E-state index contributed by atoms with van der Waals surface area (Å²) in [7, 11) is 0. The first kappa shape index (κ1) is 13.7. The fourth-order valence-corrected chi connectivity index (χ4v) is 1.47. The van der Waals surface area contributed by atoms with Crippen LogP contribution in [-0.2, 0) is 9.53 Å². The minimum Gasteiger partial charge on any atom is -0.389 e. The minimum atomic E-state index is -0.704. The molecule has 0 aliphatic rings.